The maximum Gasteiger partial charge on any atom is 0.347 e. The minimum Gasteiger partial charge on any atom is -0.486 e. The van der Waals surface area contributed by atoms with Crippen LogP contribution in [0.25, 0.3) is 0 Å². The number of fused-ring (bicyclic) bond motifs is 1. The molecule has 0 amide bonds. The first kappa shape index (κ1) is 15.4. The molecular weight excluding hydrogens is 272 g/mol. The Morgan fingerprint density at radius 2 is 2.14 bits per heavy atom. The quantitative estimate of drug-likeness (QED) is 0.798. The van der Waals surface area contributed by atoms with E-state index >= 15 is 0 Å². The largest absolute Gasteiger partial charge is 0.486 e. The van der Waals surface area contributed by atoms with Gasteiger partial charge in [0.2, 0.25) is 0 Å². The van der Waals surface area contributed by atoms with Crippen molar-refractivity contribution in [1.29, 1.82) is 0 Å². The molecule has 1 aromatic rings. The van der Waals surface area contributed by atoms with Gasteiger partial charge < -0.3 is 14.2 Å². The summed E-state index contributed by atoms with van der Waals surface area (Å²) in [5, 5.41) is 0. The maximum absolute atomic E-state index is 12.0. The first-order valence-electron chi connectivity index (χ1n) is 7.02. The van der Waals surface area contributed by atoms with Crippen LogP contribution < -0.4 is 9.47 Å². The number of Topliss-reactive ketones (excluding diaryl/α,β-unsaturated/α-hetero) is 1. The summed E-state index contributed by atoms with van der Waals surface area (Å²) in [7, 11) is 0. The van der Waals surface area contributed by atoms with Crippen LogP contribution in [0.5, 0.6) is 11.5 Å². The third-order valence-electron chi connectivity index (χ3n) is 3.16. The van der Waals surface area contributed by atoms with Crippen LogP contribution >= 0.6 is 0 Å². The van der Waals surface area contributed by atoms with Crippen molar-refractivity contribution in [3.8, 4) is 11.5 Å². The highest BCUT2D eigenvalue weighted by atomic mass is 16.6. The zero-order valence-corrected chi connectivity index (χ0v) is 12.8. The summed E-state index contributed by atoms with van der Waals surface area (Å²) in [6.45, 7) is 7.40. The summed E-state index contributed by atoms with van der Waals surface area (Å²) < 4.78 is 16.2. The molecule has 21 heavy (non-hydrogen) atoms. The molecule has 0 saturated carbocycles. The van der Waals surface area contributed by atoms with Crippen molar-refractivity contribution in [3.63, 3.8) is 0 Å². The second kappa shape index (κ2) is 5.76. The van der Waals surface area contributed by atoms with Crippen molar-refractivity contribution < 1.29 is 23.8 Å². The van der Waals surface area contributed by atoms with E-state index < -0.39 is 17.7 Å². The van der Waals surface area contributed by atoms with Crippen molar-refractivity contribution in [2.75, 3.05) is 6.61 Å². The Hall–Kier alpha value is -2.04. The predicted octanol–water partition coefficient (Wildman–Crippen LogP) is 2.76. The predicted molar refractivity (Wildman–Crippen MR) is 76.8 cm³/mol. The molecule has 0 saturated heterocycles. The lowest BCUT2D eigenvalue weighted by atomic mass is 9.93. The van der Waals surface area contributed by atoms with E-state index in [-0.39, 0.29) is 5.78 Å². The van der Waals surface area contributed by atoms with E-state index in [4.69, 9.17) is 14.2 Å². The number of benzene rings is 1. The third-order valence-corrected chi connectivity index (χ3v) is 3.16. The fourth-order valence-corrected chi connectivity index (χ4v) is 2.22. The second-order valence-electron chi connectivity index (χ2n) is 5.63. The van der Waals surface area contributed by atoms with Gasteiger partial charge >= 0.3 is 5.97 Å². The van der Waals surface area contributed by atoms with Gasteiger partial charge in [-0.3, -0.25) is 4.79 Å². The first-order valence-corrected chi connectivity index (χ1v) is 7.02. The molecule has 5 nitrogen and oxygen atoms in total. The molecule has 5 heteroatoms. The Morgan fingerprint density at radius 3 is 2.81 bits per heavy atom. The van der Waals surface area contributed by atoms with E-state index in [1.807, 2.05) is 13.8 Å². The summed E-state index contributed by atoms with van der Waals surface area (Å²) in [6, 6.07) is 4.97. The van der Waals surface area contributed by atoms with Gasteiger partial charge in [-0.2, -0.15) is 0 Å². The highest BCUT2D eigenvalue weighted by molar-refractivity contribution is 6.00. The number of ketones is 1. The minimum absolute atomic E-state index is 0.0474. The van der Waals surface area contributed by atoms with Crippen molar-refractivity contribution in [1.82, 2.24) is 0 Å². The van der Waals surface area contributed by atoms with Crippen molar-refractivity contribution in [3.05, 3.63) is 23.8 Å². The highest BCUT2D eigenvalue weighted by Gasteiger charge is 2.32. The molecule has 2 rings (SSSR count). The van der Waals surface area contributed by atoms with Gasteiger partial charge in [-0.1, -0.05) is 0 Å². The van der Waals surface area contributed by atoms with Crippen LogP contribution in [0.15, 0.2) is 18.2 Å². The highest BCUT2D eigenvalue weighted by Crippen LogP contribution is 2.35. The van der Waals surface area contributed by atoms with Gasteiger partial charge in [-0.15, -0.1) is 0 Å². The molecule has 0 aromatic heterocycles. The van der Waals surface area contributed by atoms with Crippen molar-refractivity contribution >= 4 is 11.8 Å². The zero-order chi connectivity index (χ0) is 15.6. The van der Waals surface area contributed by atoms with Gasteiger partial charge in [0, 0.05) is 6.07 Å². The topological polar surface area (TPSA) is 61.8 Å². The van der Waals surface area contributed by atoms with E-state index in [2.05, 4.69) is 0 Å². The van der Waals surface area contributed by atoms with Crippen LogP contribution in [-0.2, 0) is 9.53 Å². The fraction of sp³-hybridized carbons (Fsp3) is 0.500. The summed E-state index contributed by atoms with van der Waals surface area (Å²) in [5.41, 5.74) is 0.0144. The van der Waals surface area contributed by atoms with E-state index in [1.165, 1.54) is 0 Å². The normalized spacial score (nSPS) is 17.4. The molecule has 1 unspecified atom stereocenters. The summed E-state index contributed by atoms with van der Waals surface area (Å²) >= 11 is 0. The maximum atomic E-state index is 12.0. The second-order valence-corrected chi connectivity index (χ2v) is 5.63. The van der Waals surface area contributed by atoms with Crippen LogP contribution in [0.2, 0.25) is 0 Å². The van der Waals surface area contributed by atoms with Gasteiger partial charge in [0.05, 0.1) is 18.6 Å². The van der Waals surface area contributed by atoms with Gasteiger partial charge in [0.25, 0.3) is 0 Å². The molecule has 0 radical (unpaired) electrons. The molecule has 1 aliphatic rings. The molecule has 1 aliphatic heterocycles. The van der Waals surface area contributed by atoms with Crippen LogP contribution in [0.3, 0.4) is 0 Å². The Bertz CT molecular complexity index is 562. The molecular formula is C16H20O5. The minimum atomic E-state index is -0.713. The van der Waals surface area contributed by atoms with Crippen LogP contribution in [0.4, 0.5) is 0 Å². The zero-order valence-electron chi connectivity index (χ0n) is 12.8. The smallest absolute Gasteiger partial charge is 0.347 e. The lowest BCUT2D eigenvalue weighted by Gasteiger charge is -2.31. The molecule has 1 heterocycles. The van der Waals surface area contributed by atoms with Gasteiger partial charge in [0.15, 0.2) is 11.9 Å². The average molecular weight is 292 g/mol. The Kier molecular flexibility index (Phi) is 4.21. The van der Waals surface area contributed by atoms with E-state index in [0.29, 0.717) is 30.1 Å². The number of ether oxygens (including phenoxy) is 3. The van der Waals surface area contributed by atoms with E-state index in [9.17, 15) is 9.59 Å². The number of carbonyl (C=O) groups is 2. The molecule has 1 atom stereocenters. The van der Waals surface area contributed by atoms with Crippen molar-refractivity contribution in [2.45, 2.75) is 45.8 Å². The molecule has 0 aliphatic carbocycles. The molecule has 1 aromatic carbocycles. The Balaban J connectivity index is 2.18. The molecule has 0 spiro atoms. The monoisotopic (exact) mass is 292 g/mol. The van der Waals surface area contributed by atoms with Crippen LogP contribution in [0.1, 0.15) is 44.5 Å². The van der Waals surface area contributed by atoms with Crippen molar-refractivity contribution in [2.24, 2.45) is 0 Å². The van der Waals surface area contributed by atoms with Crippen LogP contribution in [-0.4, -0.2) is 30.1 Å². The van der Waals surface area contributed by atoms with Gasteiger partial charge in [-0.25, -0.2) is 4.79 Å². The molecule has 0 bridgehead atoms. The number of carbonyl (C=O) groups excluding carboxylic acids is 2. The summed E-state index contributed by atoms with van der Waals surface area (Å²) in [6.07, 6.45) is -0.366. The first-order chi connectivity index (χ1) is 9.82. The van der Waals surface area contributed by atoms with Crippen LogP contribution in [0, 0.1) is 0 Å². The number of esters is 1. The van der Waals surface area contributed by atoms with Gasteiger partial charge in [-0.05, 0) is 39.8 Å². The van der Waals surface area contributed by atoms with E-state index in [0.717, 1.165) is 0 Å². The lowest BCUT2D eigenvalue weighted by molar-refractivity contribution is -0.150. The van der Waals surface area contributed by atoms with E-state index in [1.54, 1.807) is 32.0 Å². The number of rotatable bonds is 4. The lowest BCUT2D eigenvalue weighted by Crippen LogP contribution is -2.35. The fourth-order valence-electron chi connectivity index (χ4n) is 2.22. The SMILES string of the molecule is CCOC(=O)C(C)Oc1ccc2c(c1)OC(C)(C)CC2=O. The molecule has 0 N–H and O–H groups in total. The standard InChI is InChI=1S/C16H20O5/c1-5-19-15(18)10(2)20-11-6-7-12-13(17)9-16(3,4)21-14(12)8-11/h6-8,10H,5,9H2,1-4H3. The molecule has 114 valence electrons. The van der Waals surface area contributed by atoms with Gasteiger partial charge in [0.1, 0.15) is 17.1 Å². The number of hydrogen-bond acceptors (Lipinski definition) is 5. The Morgan fingerprint density at radius 1 is 1.43 bits per heavy atom. The Labute approximate surface area is 124 Å². The summed E-state index contributed by atoms with van der Waals surface area (Å²) in [5.74, 6) is 0.586. The molecule has 0 fully saturated rings. The number of hydrogen-bond donors (Lipinski definition) is 0. The summed E-state index contributed by atoms with van der Waals surface area (Å²) in [4.78, 5) is 23.6. The third kappa shape index (κ3) is 3.54. The average Bonchev–Trinajstić information content (AvgIpc) is 2.37.